The van der Waals surface area contributed by atoms with Crippen LogP contribution in [0.25, 0.3) is 0 Å². The van der Waals surface area contributed by atoms with Gasteiger partial charge in [0.15, 0.2) is 0 Å². The molecule has 0 aromatic heterocycles. The van der Waals surface area contributed by atoms with Gasteiger partial charge in [-0.1, -0.05) is 36.4 Å². The van der Waals surface area contributed by atoms with Crippen LogP contribution in [-0.2, 0) is 19.2 Å². The number of rotatable bonds is 6. The SMILES string of the molecule is O=C1NN(c2ccccc2)C(=O)C1N=Nc1ccc(N=NC2C(=O)NN(c3ccccc3)C2=O)cc1. The van der Waals surface area contributed by atoms with Gasteiger partial charge in [-0.05, 0) is 48.5 Å². The average molecular weight is 482 g/mol. The molecule has 2 saturated heterocycles. The van der Waals surface area contributed by atoms with E-state index < -0.39 is 35.7 Å². The van der Waals surface area contributed by atoms with Gasteiger partial charge in [0.25, 0.3) is 23.6 Å². The van der Waals surface area contributed by atoms with Crippen molar-refractivity contribution in [1.29, 1.82) is 0 Å². The molecule has 2 heterocycles. The van der Waals surface area contributed by atoms with E-state index in [9.17, 15) is 19.2 Å². The maximum atomic E-state index is 12.6. The minimum atomic E-state index is -1.30. The van der Waals surface area contributed by atoms with E-state index in [1.165, 1.54) is 0 Å². The lowest BCUT2D eigenvalue weighted by molar-refractivity contribution is -0.125. The number of benzene rings is 3. The van der Waals surface area contributed by atoms with Gasteiger partial charge in [-0.15, -0.1) is 0 Å². The smallest absolute Gasteiger partial charge is 0.270 e. The zero-order valence-electron chi connectivity index (χ0n) is 18.6. The van der Waals surface area contributed by atoms with Crippen LogP contribution in [0.15, 0.2) is 105 Å². The number of carbonyl (C=O) groups excluding carboxylic acids is 4. The topological polar surface area (TPSA) is 148 Å². The summed E-state index contributed by atoms with van der Waals surface area (Å²) in [4.78, 5) is 49.5. The lowest BCUT2D eigenvalue weighted by Crippen LogP contribution is -2.35. The van der Waals surface area contributed by atoms with E-state index in [0.29, 0.717) is 22.7 Å². The molecule has 2 fully saturated rings. The van der Waals surface area contributed by atoms with Crippen LogP contribution in [0.3, 0.4) is 0 Å². The molecule has 178 valence electrons. The van der Waals surface area contributed by atoms with E-state index in [1.54, 1.807) is 84.9 Å². The highest BCUT2D eigenvalue weighted by molar-refractivity contribution is 6.18. The molecule has 2 N–H and O–H groups in total. The van der Waals surface area contributed by atoms with E-state index >= 15 is 0 Å². The predicted molar refractivity (Wildman–Crippen MR) is 127 cm³/mol. The van der Waals surface area contributed by atoms with Gasteiger partial charge in [-0.3, -0.25) is 30.0 Å². The van der Waals surface area contributed by atoms with Crippen LogP contribution in [-0.4, -0.2) is 35.7 Å². The molecule has 0 saturated carbocycles. The second-order valence-electron chi connectivity index (χ2n) is 7.72. The van der Waals surface area contributed by atoms with E-state index in [-0.39, 0.29) is 0 Å². The van der Waals surface area contributed by atoms with E-state index in [0.717, 1.165) is 10.0 Å². The van der Waals surface area contributed by atoms with Crippen molar-refractivity contribution in [2.75, 3.05) is 10.0 Å². The molecular formula is C24H18N8O4. The Kier molecular flexibility index (Phi) is 5.97. The largest absolute Gasteiger partial charge is 0.282 e. The number of nitrogens with one attached hydrogen (secondary N) is 2. The minimum Gasteiger partial charge on any atom is -0.270 e. The van der Waals surface area contributed by atoms with Crippen molar-refractivity contribution in [3.63, 3.8) is 0 Å². The van der Waals surface area contributed by atoms with Gasteiger partial charge in [-0.2, -0.15) is 20.5 Å². The molecule has 0 spiro atoms. The summed E-state index contributed by atoms with van der Waals surface area (Å²) in [6.07, 6.45) is 0. The molecule has 0 radical (unpaired) electrons. The standard InChI is InChI=1S/C24H18N8O4/c33-21-19(23(35)31(29-21)17-7-3-1-4-8-17)27-25-15-11-13-16(14-12-15)26-28-20-22(34)30-32(24(20)36)18-9-5-2-6-10-18/h1-14,19-20H,(H,29,33)(H,30,34). The van der Waals surface area contributed by atoms with Crippen LogP contribution in [0.2, 0.25) is 0 Å². The Labute approximate surface area is 204 Å². The second kappa shape index (κ2) is 9.54. The maximum absolute atomic E-state index is 12.6. The van der Waals surface area contributed by atoms with Gasteiger partial charge in [0.1, 0.15) is 0 Å². The van der Waals surface area contributed by atoms with Crippen LogP contribution < -0.4 is 20.9 Å². The van der Waals surface area contributed by atoms with Crippen molar-refractivity contribution in [3.05, 3.63) is 84.9 Å². The molecule has 0 aliphatic carbocycles. The number of azo groups is 2. The molecule has 2 unspecified atom stereocenters. The van der Waals surface area contributed by atoms with Crippen LogP contribution in [0, 0.1) is 0 Å². The molecule has 5 rings (SSSR count). The van der Waals surface area contributed by atoms with Crippen LogP contribution >= 0.6 is 0 Å². The first-order valence-corrected chi connectivity index (χ1v) is 10.8. The number of hydrogen-bond acceptors (Lipinski definition) is 8. The molecule has 2 aliphatic heterocycles. The van der Waals surface area contributed by atoms with E-state index in [1.807, 2.05) is 0 Å². The van der Waals surface area contributed by atoms with Crippen molar-refractivity contribution in [1.82, 2.24) is 10.9 Å². The van der Waals surface area contributed by atoms with Gasteiger partial charge in [-0.25, -0.2) is 10.0 Å². The third-order valence-corrected chi connectivity index (χ3v) is 5.31. The van der Waals surface area contributed by atoms with Gasteiger partial charge in [0.05, 0.1) is 22.7 Å². The lowest BCUT2D eigenvalue weighted by atomic mass is 10.2. The van der Waals surface area contributed by atoms with Crippen molar-refractivity contribution in [2.45, 2.75) is 12.1 Å². The summed E-state index contributed by atoms with van der Waals surface area (Å²) in [7, 11) is 0. The highest BCUT2D eigenvalue weighted by atomic mass is 16.2. The minimum absolute atomic E-state index is 0.373. The molecule has 3 aromatic rings. The summed E-state index contributed by atoms with van der Waals surface area (Å²) in [5.41, 5.74) is 6.74. The number of anilines is 2. The Morgan fingerprint density at radius 2 is 0.889 bits per heavy atom. The second-order valence-corrected chi connectivity index (χ2v) is 7.72. The highest BCUT2D eigenvalue weighted by Gasteiger charge is 2.41. The first-order valence-electron chi connectivity index (χ1n) is 10.8. The van der Waals surface area contributed by atoms with E-state index in [4.69, 9.17) is 0 Å². The van der Waals surface area contributed by atoms with Crippen LogP contribution in [0.5, 0.6) is 0 Å². The summed E-state index contributed by atoms with van der Waals surface area (Å²) in [5, 5.41) is 18.0. The molecule has 36 heavy (non-hydrogen) atoms. The number of para-hydroxylation sites is 2. The molecular weight excluding hydrogens is 464 g/mol. The Hall–Kier alpha value is -5.26. The summed E-state index contributed by atoms with van der Waals surface area (Å²) < 4.78 is 0. The van der Waals surface area contributed by atoms with E-state index in [2.05, 4.69) is 31.3 Å². The molecule has 3 aromatic carbocycles. The van der Waals surface area contributed by atoms with Crippen molar-refractivity contribution in [3.8, 4) is 0 Å². The number of carbonyl (C=O) groups is 4. The zero-order chi connectivity index (χ0) is 25.1. The monoisotopic (exact) mass is 482 g/mol. The normalized spacial score (nSPS) is 20.0. The Balaban J connectivity index is 1.23. The summed E-state index contributed by atoms with van der Waals surface area (Å²) >= 11 is 0. The fourth-order valence-electron chi connectivity index (χ4n) is 3.50. The maximum Gasteiger partial charge on any atom is 0.282 e. The third kappa shape index (κ3) is 4.42. The molecule has 12 heteroatoms. The quantitative estimate of drug-likeness (QED) is 0.410. The molecule has 0 bridgehead atoms. The number of hydrogen-bond donors (Lipinski definition) is 2. The van der Waals surface area contributed by atoms with Gasteiger partial charge in [0, 0.05) is 0 Å². The number of amides is 4. The average Bonchev–Trinajstić information content (AvgIpc) is 3.36. The van der Waals surface area contributed by atoms with Gasteiger partial charge < -0.3 is 0 Å². The molecule has 4 amide bonds. The van der Waals surface area contributed by atoms with Crippen molar-refractivity contribution < 1.29 is 19.2 Å². The van der Waals surface area contributed by atoms with Crippen molar-refractivity contribution in [2.24, 2.45) is 20.5 Å². The first kappa shape index (κ1) is 22.5. The fourth-order valence-corrected chi connectivity index (χ4v) is 3.50. The summed E-state index contributed by atoms with van der Waals surface area (Å²) in [6.45, 7) is 0. The Bertz CT molecular complexity index is 1270. The number of hydrazine groups is 2. The van der Waals surface area contributed by atoms with Gasteiger partial charge >= 0.3 is 0 Å². The lowest BCUT2D eigenvalue weighted by Gasteiger charge is -2.14. The zero-order valence-corrected chi connectivity index (χ0v) is 18.6. The van der Waals surface area contributed by atoms with Gasteiger partial charge in [0.2, 0.25) is 12.1 Å². The predicted octanol–water partition coefficient (Wildman–Crippen LogP) is 2.75. The highest BCUT2D eigenvalue weighted by Crippen LogP contribution is 2.23. The molecule has 2 aliphatic rings. The van der Waals surface area contributed by atoms with Crippen LogP contribution in [0.1, 0.15) is 0 Å². The number of nitrogens with zero attached hydrogens (tertiary/aromatic N) is 6. The Morgan fingerprint density at radius 3 is 1.25 bits per heavy atom. The van der Waals surface area contributed by atoms with Crippen LogP contribution in [0.4, 0.5) is 22.7 Å². The summed E-state index contributed by atoms with van der Waals surface area (Å²) in [5.74, 6) is -2.24. The molecule has 12 nitrogen and oxygen atoms in total. The first-order chi connectivity index (χ1) is 17.5. The molecule has 2 atom stereocenters. The fraction of sp³-hybridized carbons (Fsp3) is 0.0833. The van der Waals surface area contributed by atoms with Crippen molar-refractivity contribution >= 4 is 46.4 Å². The summed E-state index contributed by atoms with van der Waals surface area (Å²) in [6, 6.07) is 20.9. The Morgan fingerprint density at radius 1 is 0.528 bits per heavy atom. The third-order valence-electron chi connectivity index (χ3n) is 5.31.